The summed E-state index contributed by atoms with van der Waals surface area (Å²) in [5.74, 6) is 1.13. The standard InChI is InChI=1S/C24H26N6O2S/c25-23-20-9-3-4-10-21(20)27-24(28-23)30-16-14-29(15-17-30)13-12-26-33(31,32)22-11-5-7-18-6-1-2-8-19(18)22/h1-11,26H,12-17H2,(H2,25,27,28). The Bertz CT molecular complexity index is 1400. The van der Waals surface area contributed by atoms with E-state index in [2.05, 4.69) is 24.5 Å². The van der Waals surface area contributed by atoms with Crippen molar-refractivity contribution in [3.8, 4) is 0 Å². The highest BCUT2D eigenvalue weighted by Crippen LogP contribution is 2.23. The lowest BCUT2D eigenvalue weighted by Gasteiger charge is -2.34. The summed E-state index contributed by atoms with van der Waals surface area (Å²) in [4.78, 5) is 13.8. The zero-order valence-corrected chi connectivity index (χ0v) is 19.0. The number of nitrogens with one attached hydrogen (secondary N) is 1. The van der Waals surface area contributed by atoms with E-state index in [0.29, 0.717) is 29.8 Å². The molecule has 2 heterocycles. The molecule has 0 radical (unpaired) electrons. The molecule has 0 amide bonds. The van der Waals surface area contributed by atoms with Crippen LogP contribution in [0.2, 0.25) is 0 Å². The maximum atomic E-state index is 12.9. The first-order valence-corrected chi connectivity index (χ1v) is 12.5. The second-order valence-electron chi connectivity index (χ2n) is 8.13. The highest BCUT2D eigenvalue weighted by Gasteiger charge is 2.21. The van der Waals surface area contributed by atoms with E-state index in [1.165, 1.54) is 0 Å². The van der Waals surface area contributed by atoms with Crippen molar-refractivity contribution >= 4 is 43.5 Å². The quantitative estimate of drug-likeness (QED) is 0.454. The zero-order valence-electron chi connectivity index (χ0n) is 18.2. The van der Waals surface area contributed by atoms with Crippen LogP contribution in [-0.2, 0) is 10.0 Å². The zero-order chi connectivity index (χ0) is 22.8. The lowest BCUT2D eigenvalue weighted by Crippen LogP contribution is -2.49. The molecule has 0 aliphatic carbocycles. The molecule has 1 aliphatic rings. The number of sulfonamides is 1. The van der Waals surface area contributed by atoms with E-state index >= 15 is 0 Å². The number of benzene rings is 3. The van der Waals surface area contributed by atoms with Gasteiger partial charge < -0.3 is 10.6 Å². The molecule has 3 aromatic carbocycles. The fraction of sp³-hybridized carbons (Fsp3) is 0.250. The molecule has 8 nitrogen and oxygen atoms in total. The highest BCUT2D eigenvalue weighted by atomic mass is 32.2. The second kappa shape index (κ2) is 8.93. The number of nitrogen functional groups attached to an aromatic ring is 1. The van der Waals surface area contributed by atoms with Crippen LogP contribution < -0.4 is 15.4 Å². The van der Waals surface area contributed by atoms with Gasteiger partial charge in [0.15, 0.2) is 0 Å². The molecule has 0 atom stereocenters. The van der Waals surface area contributed by atoms with E-state index in [9.17, 15) is 8.42 Å². The van der Waals surface area contributed by atoms with Gasteiger partial charge in [-0.2, -0.15) is 4.98 Å². The van der Waals surface area contributed by atoms with Gasteiger partial charge >= 0.3 is 0 Å². The Morgan fingerprint density at radius 2 is 1.55 bits per heavy atom. The minimum atomic E-state index is -3.59. The van der Waals surface area contributed by atoms with E-state index in [-0.39, 0.29) is 0 Å². The molecule has 0 spiro atoms. The minimum absolute atomic E-state index is 0.316. The lowest BCUT2D eigenvalue weighted by molar-refractivity contribution is 0.261. The van der Waals surface area contributed by atoms with Crippen molar-refractivity contribution in [2.75, 3.05) is 49.9 Å². The monoisotopic (exact) mass is 462 g/mol. The first-order chi connectivity index (χ1) is 16.0. The van der Waals surface area contributed by atoms with Gasteiger partial charge in [-0.1, -0.05) is 48.5 Å². The van der Waals surface area contributed by atoms with Gasteiger partial charge in [0.2, 0.25) is 16.0 Å². The van der Waals surface area contributed by atoms with Crippen LogP contribution in [0.5, 0.6) is 0 Å². The van der Waals surface area contributed by atoms with Gasteiger partial charge in [-0.25, -0.2) is 18.1 Å². The lowest BCUT2D eigenvalue weighted by atomic mass is 10.1. The average molecular weight is 463 g/mol. The number of piperazine rings is 1. The summed E-state index contributed by atoms with van der Waals surface area (Å²) < 4.78 is 28.6. The summed E-state index contributed by atoms with van der Waals surface area (Å²) in [6.45, 7) is 4.10. The molecular weight excluding hydrogens is 436 g/mol. The number of nitrogens with two attached hydrogens (primary N) is 1. The van der Waals surface area contributed by atoms with E-state index in [0.717, 1.165) is 47.9 Å². The predicted molar refractivity (Wildman–Crippen MR) is 132 cm³/mol. The summed E-state index contributed by atoms with van der Waals surface area (Å²) in [7, 11) is -3.59. The van der Waals surface area contributed by atoms with Crippen LogP contribution in [0.25, 0.3) is 21.7 Å². The molecule has 0 saturated carbocycles. The fourth-order valence-corrected chi connectivity index (χ4v) is 5.50. The summed E-state index contributed by atoms with van der Waals surface area (Å²) in [6, 6.07) is 20.6. The Kier molecular flexibility index (Phi) is 5.84. The predicted octanol–water partition coefficient (Wildman–Crippen LogP) is 2.47. The Morgan fingerprint density at radius 3 is 2.36 bits per heavy atom. The summed E-state index contributed by atoms with van der Waals surface area (Å²) in [5, 5.41) is 2.50. The largest absolute Gasteiger partial charge is 0.383 e. The van der Waals surface area contributed by atoms with Crippen molar-refractivity contribution in [2.24, 2.45) is 0 Å². The number of para-hydroxylation sites is 1. The molecule has 5 rings (SSSR count). The minimum Gasteiger partial charge on any atom is -0.383 e. The normalized spacial score (nSPS) is 15.3. The number of hydrogen-bond donors (Lipinski definition) is 2. The molecule has 170 valence electrons. The molecule has 1 aliphatic heterocycles. The number of anilines is 2. The molecule has 4 aromatic rings. The molecule has 33 heavy (non-hydrogen) atoms. The van der Waals surface area contributed by atoms with Gasteiger partial charge in [-0.05, 0) is 23.6 Å². The summed E-state index contributed by atoms with van der Waals surface area (Å²) >= 11 is 0. The van der Waals surface area contributed by atoms with Crippen molar-refractivity contribution in [3.63, 3.8) is 0 Å². The third-order valence-electron chi connectivity index (χ3n) is 6.04. The van der Waals surface area contributed by atoms with Crippen molar-refractivity contribution < 1.29 is 8.42 Å². The third kappa shape index (κ3) is 4.47. The molecule has 0 bridgehead atoms. The smallest absolute Gasteiger partial charge is 0.241 e. The van der Waals surface area contributed by atoms with Crippen LogP contribution in [0.15, 0.2) is 71.6 Å². The van der Waals surface area contributed by atoms with E-state index in [1.54, 1.807) is 12.1 Å². The third-order valence-corrected chi connectivity index (χ3v) is 7.55. The summed E-state index contributed by atoms with van der Waals surface area (Å²) in [6.07, 6.45) is 0. The van der Waals surface area contributed by atoms with Gasteiger partial charge in [0.1, 0.15) is 5.82 Å². The summed E-state index contributed by atoms with van der Waals surface area (Å²) in [5.41, 5.74) is 6.96. The number of hydrogen-bond acceptors (Lipinski definition) is 7. The number of rotatable bonds is 6. The number of nitrogens with zero attached hydrogens (tertiary/aromatic N) is 4. The Labute approximate surface area is 193 Å². The van der Waals surface area contributed by atoms with E-state index in [1.807, 2.05) is 54.6 Å². The second-order valence-corrected chi connectivity index (χ2v) is 9.87. The SMILES string of the molecule is Nc1nc(N2CCN(CCNS(=O)(=O)c3cccc4ccccc34)CC2)nc2ccccc12. The molecule has 3 N–H and O–H groups in total. The van der Waals surface area contributed by atoms with Crippen molar-refractivity contribution in [3.05, 3.63) is 66.7 Å². The fourth-order valence-electron chi connectivity index (χ4n) is 4.25. The molecule has 0 unspecified atom stereocenters. The van der Waals surface area contributed by atoms with Gasteiger partial charge in [-0.3, -0.25) is 4.90 Å². The van der Waals surface area contributed by atoms with Crippen LogP contribution in [-0.4, -0.2) is 62.6 Å². The maximum Gasteiger partial charge on any atom is 0.241 e. The van der Waals surface area contributed by atoms with Gasteiger partial charge in [-0.15, -0.1) is 0 Å². The molecule has 1 fully saturated rings. The first kappa shape index (κ1) is 21.6. The van der Waals surface area contributed by atoms with Gasteiger partial charge in [0.05, 0.1) is 10.4 Å². The van der Waals surface area contributed by atoms with Crippen molar-refractivity contribution in [1.82, 2.24) is 19.6 Å². The van der Waals surface area contributed by atoms with Crippen LogP contribution >= 0.6 is 0 Å². The van der Waals surface area contributed by atoms with Crippen LogP contribution in [0.1, 0.15) is 0 Å². The topological polar surface area (TPSA) is 104 Å². The first-order valence-electron chi connectivity index (χ1n) is 11.0. The van der Waals surface area contributed by atoms with Crippen molar-refractivity contribution in [1.29, 1.82) is 0 Å². The Morgan fingerprint density at radius 1 is 0.848 bits per heavy atom. The number of aromatic nitrogens is 2. The highest BCUT2D eigenvalue weighted by molar-refractivity contribution is 7.89. The van der Waals surface area contributed by atoms with Gasteiger partial charge in [0, 0.05) is 50.0 Å². The molecule has 1 saturated heterocycles. The van der Waals surface area contributed by atoms with Crippen LogP contribution in [0.3, 0.4) is 0 Å². The van der Waals surface area contributed by atoms with E-state index in [4.69, 9.17) is 5.73 Å². The molecule has 1 aromatic heterocycles. The Hall–Kier alpha value is -3.27. The van der Waals surface area contributed by atoms with Crippen LogP contribution in [0, 0.1) is 0 Å². The Balaban J connectivity index is 1.18. The number of fused-ring (bicyclic) bond motifs is 2. The average Bonchev–Trinajstić information content (AvgIpc) is 2.84. The van der Waals surface area contributed by atoms with Gasteiger partial charge in [0.25, 0.3) is 0 Å². The van der Waals surface area contributed by atoms with Crippen LogP contribution in [0.4, 0.5) is 11.8 Å². The molecular formula is C24H26N6O2S. The maximum absolute atomic E-state index is 12.9. The van der Waals surface area contributed by atoms with Crippen molar-refractivity contribution in [2.45, 2.75) is 4.90 Å². The van der Waals surface area contributed by atoms with E-state index < -0.39 is 10.0 Å². The molecule has 9 heteroatoms.